The number of nitrogens with one attached hydrogen (secondary N) is 1. The van der Waals surface area contributed by atoms with Gasteiger partial charge in [0, 0.05) is 6.42 Å². The van der Waals surface area contributed by atoms with Crippen LogP contribution in [-0.2, 0) is 23.9 Å². The fourth-order valence-electron chi connectivity index (χ4n) is 2.57. The first-order chi connectivity index (χ1) is 12.5. The van der Waals surface area contributed by atoms with Gasteiger partial charge in [-0.25, -0.2) is 4.79 Å². The van der Waals surface area contributed by atoms with E-state index in [4.69, 9.17) is 9.47 Å². The minimum absolute atomic E-state index is 0.166. The first-order valence-corrected chi connectivity index (χ1v) is 9.40. The molecule has 0 radical (unpaired) electrons. The van der Waals surface area contributed by atoms with Crippen LogP contribution < -0.4 is 5.32 Å². The summed E-state index contributed by atoms with van der Waals surface area (Å²) in [6.45, 7) is 5.53. The van der Waals surface area contributed by atoms with Crippen LogP contribution in [-0.4, -0.2) is 36.6 Å². The Kier molecular flexibility index (Phi) is 10.4. The number of esters is 2. The molecule has 2 unspecified atom stereocenters. The Balaban J connectivity index is 2.46. The molecule has 6 heteroatoms. The summed E-state index contributed by atoms with van der Waals surface area (Å²) in [7, 11) is 0. The molecule has 1 fully saturated rings. The van der Waals surface area contributed by atoms with E-state index >= 15 is 0 Å². The number of unbranched alkanes of at least 4 members (excludes halogenated alkanes) is 1. The van der Waals surface area contributed by atoms with Crippen LogP contribution >= 0.6 is 0 Å². The fraction of sp³-hybridized carbons (Fsp3) is 0.650. The Bertz CT molecular complexity index is 514. The standard InChI is InChI=1S/C20H31NO5/c1-4-5-6-7-8-9-10-11-12-17(13-18-15(2)19(23)26-18)25-20(24)16(3)21-14-22/h6-7,9-10,14-18H,4-5,8,11-13H2,1-3H3,(H,21,22)/b7-6+,10-9+/t15-,16-,17?,18?/m0/s1. The molecule has 0 bridgehead atoms. The molecular weight excluding hydrogens is 334 g/mol. The average molecular weight is 365 g/mol. The molecule has 1 aliphatic rings. The van der Waals surface area contributed by atoms with Gasteiger partial charge in [-0.05, 0) is 39.5 Å². The molecule has 0 aromatic carbocycles. The second-order valence-electron chi connectivity index (χ2n) is 6.61. The molecule has 1 N–H and O–H groups in total. The van der Waals surface area contributed by atoms with Crippen molar-refractivity contribution in [2.24, 2.45) is 5.92 Å². The maximum atomic E-state index is 12.0. The van der Waals surface area contributed by atoms with Crippen molar-refractivity contribution in [1.82, 2.24) is 5.32 Å². The smallest absolute Gasteiger partial charge is 0.328 e. The third-order valence-corrected chi connectivity index (χ3v) is 4.36. The second kappa shape index (κ2) is 12.3. The maximum Gasteiger partial charge on any atom is 0.328 e. The van der Waals surface area contributed by atoms with Gasteiger partial charge in [-0.2, -0.15) is 0 Å². The summed E-state index contributed by atoms with van der Waals surface area (Å²) in [5.41, 5.74) is 0. The van der Waals surface area contributed by atoms with E-state index in [1.54, 1.807) is 6.92 Å². The summed E-state index contributed by atoms with van der Waals surface area (Å²) >= 11 is 0. The van der Waals surface area contributed by atoms with Crippen LogP contribution in [0.5, 0.6) is 0 Å². The number of hydrogen-bond donors (Lipinski definition) is 1. The lowest BCUT2D eigenvalue weighted by atomic mass is 9.92. The number of cyclic esters (lactones) is 1. The molecule has 1 amide bonds. The number of amides is 1. The minimum Gasteiger partial charge on any atom is -0.461 e. The predicted octanol–water partition coefficient (Wildman–Crippen LogP) is 3.07. The van der Waals surface area contributed by atoms with E-state index in [-0.39, 0.29) is 24.1 Å². The first kappa shape index (κ1) is 21.9. The predicted molar refractivity (Wildman–Crippen MR) is 99.2 cm³/mol. The Morgan fingerprint density at radius 2 is 1.96 bits per heavy atom. The molecule has 4 atom stereocenters. The molecule has 0 spiro atoms. The number of ether oxygens (including phenoxy) is 2. The van der Waals surface area contributed by atoms with E-state index in [0.29, 0.717) is 19.3 Å². The highest BCUT2D eigenvalue weighted by molar-refractivity contribution is 5.78. The molecule has 0 aromatic rings. The maximum absolute atomic E-state index is 12.0. The van der Waals surface area contributed by atoms with Crippen LogP contribution in [0.3, 0.4) is 0 Å². The van der Waals surface area contributed by atoms with Crippen molar-refractivity contribution in [1.29, 1.82) is 0 Å². The topological polar surface area (TPSA) is 81.7 Å². The number of carbonyl (C=O) groups is 3. The quantitative estimate of drug-likeness (QED) is 0.308. The largest absolute Gasteiger partial charge is 0.461 e. The number of hydrogen-bond acceptors (Lipinski definition) is 5. The van der Waals surface area contributed by atoms with Gasteiger partial charge in [0.15, 0.2) is 0 Å². The van der Waals surface area contributed by atoms with E-state index < -0.39 is 12.0 Å². The van der Waals surface area contributed by atoms with Crippen molar-refractivity contribution in [3.63, 3.8) is 0 Å². The third kappa shape index (κ3) is 7.85. The van der Waals surface area contributed by atoms with Gasteiger partial charge in [0.2, 0.25) is 6.41 Å². The minimum atomic E-state index is -0.699. The lowest BCUT2D eigenvalue weighted by molar-refractivity contribution is -0.187. The van der Waals surface area contributed by atoms with Gasteiger partial charge in [-0.1, -0.05) is 37.6 Å². The Morgan fingerprint density at radius 1 is 1.27 bits per heavy atom. The van der Waals surface area contributed by atoms with E-state index in [9.17, 15) is 14.4 Å². The summed E-state index contributed by atoms with van der Waals surface area (Å²) < 4.78 is 10.6. The zero-order chi connectivity index (χ0) is 19.4. The lowest BCUT2D eigenvalue weighted by Gasteiger charge is -2.35. The van der Waals surface area contributed by atoms with Gasteiger partial charge < -0.3 is 14.8 Å². The SMILES string of the molecule is CCC/C=C/C/C=C/CCC(CC1OC(=O)[C@H]1C)OC(=O)[C@H](C)NC=O. The van der Waals surface area contributed by atoms with Crippen LogP contribution in [0.4, 0.5) is 0 Å². The highest BCUT2D eigenvalue weighted by atomic mass is 16.6. The van der Waals surface area contributed by atoms with E-state index in [0.717, 1.165) is 25.7 Å². The van der Waals surface area contributed by atoms with Crippen LogP contribution in [0.15, 0.2) is 24.3 Å². The Morgan fingerprint density at radius 3 is 2.54 bits per heavy atom. The van der Waals surface area contributed by atoms with E-state index in [1.165, 1.54) is 0 Å². The molecule has 0 saturated carbocycles. The zero-order valence-corrected chi connectivity index (χ0v) is 16.0. The Labute approximate surface area is 156 Å². The van der Waals surface area contributed by atoms with Crippen molar-refractivity contribution in [2.75, 3.05) is 0 Å². The Hall–Kier alpha value is -2.11. The normalized spacial score (nSPS) is 21.9. The van der Waals surface area contributed by atoms with Crippen LogP contribution in [0, 0.1) is 5.92 Å². The van der Waals surface area contributed by atoms with Gasteiger partial charge in [-0.3, -0.25) is 9.59 Å². The third-order valence-electron chi connectivity index (χ3n) is 4.36. The average Bonchev–Trinajstić information content (AvgIpc) is 2.63. The number of allylic oxidation sites excluding steroid dienone is 4. The van der Waals surface area contributed by atoms with Crippen molar-refractivity contribution >= 4 is 18.3 Å². The molecule has 1 heterocycles. The van der Waals surface area contributed by atoms with Crippen molar-refractivity contribution < 1.29 is 23.9 Å². The highest BCUT2D eigenvalue weighted by Gasteiger charge is 2.40. The number of carbonyl (C=O) groups excluding carboxylic acids is 3. The summed E-state index contributed by atoms with van der Waals surface area (Å²) in [6.07, 6.45) is 13.4. The summed E-state index contributed by atoms with van der Waals surface area (Å²) in [6, 6.07) is -0.699. The molecule has 0 aromatic heterocycles. The van der Waals surface area contributed by atoms with E-state index in [2.05, 4.69) is 36.5 Å². The van der Waals surface area contributed by atoms with Crippen molar-refractivity contribution in [3.8, 4) is 0 Å². The summed E-state index contributed by atoms with van der Waals surface area (Å²) in [5.74, 6) is -0.859. The van der Waals surface area contributed by atoms with Crippen molar-refractivity contribution in [3.05, 3.63) is 24.3 Å². The fourth-order valence-corrected chi connectivity index (χ4v) is 2.57. The van der Waals surface area contributed by atoms with Gasteiger partial charge >= 0.3 is 11.9 Å². The molecule has 1 saturated heterocycles. The van der Waals surface area contributed by atoms with E-state index in [1.807, 2.05) is 6.92 Å². The number of rotatable bonds is 13. The summed E-state index contributed by atoms with van der Waals surface area (Å²) in [5, 5.41) is 2.39. The molecule has 0 aliphatic carbocycles. The van der Waals surface area contributed by atoms with Gasteiger partial charge in [0.25, 0.3) is 0 Å². The monoisotopic (exact) mass is 365 g/mol. The molecule has 1 rings (SSSR count). The lowest BCUT2D eigenvalue weighted by Crippen LogP contribution is -2.46. The molecule has 26 heavy (non-hydrogen) atoms. The molecule has 146 valence electrons. The summed E-state index contributed by atoms with van der Waals surface area (Å²) in [4.78, 5) is 33.7. The van der Waals surface area contributed by atoms with Gasteiger partial charge in [0.1, 0.15) is 18.2 Å². The highest BCUT2D eigenvalue weighted by Crippen LogP contribution is 2.27. The van der Waals surface area contributed by atoms with Crippen LogP contribution in [0.25, 0.3) is 0 Å². The first-order valence-electron chi connectivity index (χ1n) is 9.40. The molecule has 1 aliphatic heterocycles. The van der Waals surface area contributed by atoms with Crippen LogP contribution in [0.2, 0.25) is 0 Å². The van der Waals surface area contributed by atoms with Crippen LogP contribution in [0.1, 0.15) is 59.3 Å². The molecule has 6 nitrogen and oxygen atoms in total. The van der Waals surface area contributed by atoms with Gasteiger partial charge in [-0.15, -0.1) is 0 Å². The van der Waals surface area contributed by atoms with Gasteiger partial charge in [0.05, 0.1) is 5.92 Å². The second-order valence-corrected chi connectivity index (χ2v) is 6.61. The zero-order valence-electron chi connectivity index (χ0n) is 16.0. The van der Waals surface area contributed by atoms with Crippen molar-refractivity contribution in [2.45, 2.75) is 77.5 Å². The molecular formula is C20H31NO5.